The maximum Gasteiger partial charge on any atom is 0.162 e. The molecule has 2 aromatic rings. The molecule has 1 fully saturated rings. The molecule has 1 saturated heterocycles. The van der Waals surface area contributed by atoms with Gasteiger partial charge in [-0.2, -0.15) is 0 Å². The fourth-order valence-corrected chi connectivity index (χ4v) is 3.80. The van der Waals surface area contributed by atoms with Crippen molar-refractivity contribution in [2.75, 3.05) is 43.7 Å². The van der Waals surface area contributed by atoms with Crippen LogP contribution in [0.25, 0.3) is 10.9 Å². The van der Waals surface area contributed by atoms with Crippen LogP contribution in [0, 0.1) is 5.92 Å². The first-order valence-electron chi connectivity index (χ1n) is 7.89. The lowest BCUT2D eigenvalue weighted by Crippen LogP contribution is -2.34. The Balaban J connectivity index is 0.00000100. The molecule has 0 saturated carbocycles. The number of anilines is 1. The Kier molecular flexibility index (Phi) is 7.29. The van der Waals surface area contributed by atoms with E-state index in [4.69, 9.17) is 14.6 Å². The van der Waals surface area contributed by atoms with Crippen molar-refractivity contribution in [3.05, 3.63) is 18.5 Å². The Bertz CT molecular complexity index is 661. The van der Waals surface area contributed by atoms with E-state index < -0.39 is 0 Å². The highest BCUT2D eigenvalue weighted by molar-refractivity contribution is 14.1. The third kappa shape index (κ3) is 4.00. The van der Waals surface area contributed by atoms with Gasteiger partial charge in [-0.3, -0.25) is 0 Å². The monoisotopic (exact) mass is 445 g/mol. The Hall–Kier alpha value is -1.35. The number of methoxy groups -OCH3 is 2. The topological polar surface area (TPSA) is 67.7 Å². The summed E-state index contributed by atoms with van der Waals surface area (Å²) in [6.45, 7) is 2.10. The Morgan fingerprint density at radius 2 is 1.75 bits per heavy atom. The molecule has 1 aromatic heterocycles. The summed E-state index contributed by atoms with van der Waals surface area (Å²) < 4.78 is 12.0. The summed E-state index contributed by atoms with van der Waals surface area (Å²) in [7, 11) is 4.29. The first kappa shape index (κ1) is 19.0. The highest BCUT2D eigenvalue weighted by atomic mass is 127. The molecule has 7 heteroatoms. The summed E-state index contributed by atoms with van der Waals surface area (Å²) in [4.78, 5) is 11.3. The molecule has 0 radical (unpaired) electrons. The molecule has 1 aliphatic rings. The van der Waals surface area contributed by atoms with Crippen LogP contribution >= 0.6 is 22.6 Å². The molecule has 1 aromatic carbocycles. The summed E-state index contributed by atoms with van der Waals surface area (Å²) in [6, 6.07) is 3.89. The van der Waals surface area contributed by atoms with E-state index in [1.54, 1.807) is 20.5 Å². The number of halogens is 1. The average Bonchev–Trinajstić information content (AvgIpc) is 2.68. The molecule has 24 heavy (non-hydrogen) atoms. The second kappa shape index (κ2) is 9.22. The molecule has 1 aliphatic heterocycles. The van der Waals surface area contributed by atoms with Crippen molar-refractivity contribution in [1.29, 1.82) is 0 Å². The molecule has 6 nitrogen and oxygen atoms in total. The van der Waals surface area contributed by atoms with E-state index in [1.165, 1.54) is 17.3 Å². The lowest BCUT2D eigenvalue weighted by atomic mass is 9.99. The van der Waals surface area contributed by atoms with Crippen molar-refractivity contribution in [3.8, 4) is 11.5 Å². The number of hydrogen-bond acceptors (Lipinski definition) is 6. The van der Waals surface area contributed by atoms with E-state index in [9.17, 15) is 0 Å². The molecule has 0 bridgehead atoms. The molecular weight excluding hydrogens is 421 g/mol. The molecule has 132 valence electrons. The van der Waals surface area contributed by atoms with Gasteiger partial charge in [0.2, 0.25) is 0 Å². The fourth-order valence-electron chi connectivity index (χ4n) is 2.92. The van der Waals surface area contributed by atoms with Gasteiger partial charge in [0.1, 0.15) is 12.1 Å². The third-order valence-electron chi connectivity index (χ3n) is 4.25. The predicted octanol–water partition coefficient (Wildman–Crippen LogP) is 2.91. The Labute approximate surface area is 156 Å². The zero-order chi connectivity index (χ0) is 17.5. The standard InChI is InChI=1S/C16H20IN3O2.CH4O/c1-21-14-7-12-13(8-15(14)22-2)18-10-19-16(12)20-5-3-11(9-17)4-6-20;1-2/h7-8,10-11H,3-6,9H2,1-2H3;2H,1H3. The van der Waals surface area contributed by atoms with Gasteiger partial charge in [0.25, 0.3) is 0 Å². The minimum atomic E-state index is 0.697. The first-order valence-corrected chi connectivity index (χ1v) is 9.41. The number of aliphatic hydroxyl groups is 1. The second-order valence-electron chi connectivity index (χ2n) is 5.51. The summed E-state index contributed by atoms with van der Waals surface area (Å²) in [6.07, 6.45) is 4.08. The highest BCUT2D eigenvalue weighted by Gasteiger charge is 2.21. The molecule has 0 atom stereocenters. The second-order valence-corrected chi connectivity index (χ2v) is 6.39. The van der Waals surface area contributed by atoms with Gasteiger partial charge < -0.3 is 19.5 Å². The minimum Gasteiger partial charge on any atom is -0.493 e. The summed E-state index contributed by atoms with van der Waals surface area (Å²) in [5.74, 6) is 3.24. The van der Waals surface area contributed by atoms with Crippen LogP contribution in [0.15, 0.2) is 18.5 Å². The summed E-state index contributed by atoms with van der Waals surface area (Å²) >= 11 is 2.49. The van der Waals surface area contributed by atoms with Crippen molar-refractivity contribution in [3.63, 3.8) is 0 Å². The number of fused-ring (bicyclic) bond motifs is 1. The van der Waals surface area contributed by atoms with E-state index in [-0.39, 0.29) is 0 Å². The van der Waals surface area contributed by atoms with E-state index in [1.807, 2.05) is 12.1 Å². The number of ether oxygens (including phenoxy) is 2. The number of aromatic nitrogens is 2. The Morgan fingerprint density at radius 1 is 1.12 bits per heavy atom. The number of piperidine rings is 1. The van der Waals surface area contributed by atoms with Crippen LogP contribution in [0.3, 0.4) is 0 Å². The lowest BCUT2D eigenvalue weighted by molar-refractivity contribution is 0.355. The maximum absolute atomic E-state index is 7.00. The van der Waals surface area contributed by atoms with Crippen LogP contribution in [0.5, 0.6) is 11.5 Å². The quantitative estimate of drug-likeness (QED) is 0.577. The van der Waals surface area contributed by atoms with Crippen molar-refractivity contribution in [2.45, 2.75) is 12.8 Å². The molecule has 0 aliphatic carbocycles. The lowest BCUT2D eigenvalue weighted by Gasteiger charge is -2.32. The smallest absolute Gasteiger partial charge is 0.162 e. The van der Waals surface area contributed by atoms with Gasteiger partial charge in [-0.15, -0.1) is 0 Å². The zero-order valence-corrected chi connectivity index (χ0v) is 16.5. The van der Waals surface area contributed by atoms with Crippen LogP contribution in [-0.4, -0.2) is 53.9 Å². The van der Waals surface area contributed by atoms with Gasteiger partial charge in [0.05, 0.1) is 19.7 Å². The van der Waals surface area contributed by atoms with E-state index in [0.29, 0.717) is 11.5 Å². The molecular formula is C17H24IN3O3. The van der Waals surface area contributed by atoms with Crippen LogP contribution in [0.4, 0.5) is 5.82 Å². The van der Waals surface area contributed by atoms with E-state index in [0.717, 1.165) is 42.8 Å². The number of aliphatic hydroxyl groups excluding tert-OH is 1. The molecule has 1 N–H and O–H groups in total. The molecule has 0 amide bonds. The largest absolute Gasteiger partial charge is 0.493 e. The SMILES string of the molecule is CO.COc1cc2ncnc(N3CCC(CI)CC3)c2cc1OC. The Morgan fingerprint density at radius 3 is 2.33 bits per heavy atom. The van der Waals surface area contributed by atoms with E-state index >= 15 is 0 Å². The minimum absolute atomic E-state index is 0.697. The zero-order valence-electron chi connectivity index (χ0n) is 14.3. The maximum atomic E-state index is 7.00. The van der Waals surface area contributed by atoms with Gasteiger partial charge in [-0.05, 0) is 24.8 Å². The summed E-state index contributed by atoms with van der Waals surface area (Å²) in [5.41, 5.74) is 0.888. The highest BCUT2D eigenvalue weighted by Crippen LogP contribution is 2.35. The number of alkyl halides is 1. The first-order chi connectivity index (χ1) is 11.8. The van der Waals surface area contributed by atoms with Gasteiger partial charge in [-0.25, -0.2) is 9.97 Å². The van der Waals surface area contributed by atoms with Crippen molar-refractivity contribution in [1.82, 2.24) is 9.97 Å². The van der Waals surface area contributed by atoms with Crippen LogP contribution < -0.4 is 14.4 Å². The van der Waals surface area contributed by atoms with Crippen molar-refractivity contribution >= 4 is 39.3 Å². The van der Waals surface area contributed by atoms with Crippen LogP contribution in [0.1, 0.15) is 12.8 Å². The molecule has 0 unspecified atom stereocenters. The van der Waals surface area contributed by atoms with Gasteiger partial charge in [0, 0.05) is 36.1 Å². The predicted molar refractivity (Wildman–Crippen MR) is 105 cm³/mol. The average molecular weight is 445 g/mol. The third-order valence-corrected chi connectivity index (χ3v) is 5.50. The van der Waals surface area contributed by atoms with E-state index in [2.05, 4.69) is 37.5 Å². The number of nitrogens with zero attached hydrogens (tertiary/aromatic N) is 3. The fraction of sp³-hybridized carbons (Fsp3) is 0.529. The van der Waals surface area contributed by atoms with Crippen molar-refractivity contribution in [2.24, 2.45) is 5.92 Å². The number of benzene rings is 1. The molecule has 2 heterocycles. The summed E-state index contributed by atoms with van der Waals surface area (Å²) in [5, 5.41) is 8.02. The van der Waals surface area contributed by atoms with Crippen LogP contribution in [-0.2, 0) is 0 Å². The van der Waals surface area contributed by atoms with Gasteiger partial charge in [0.15, 0.2) is 11.5 Å². The molecule has 3 rings (SSSR count). The normalized spacial score (nSPS) is 15.0. The molecule has 0 spiro atoms. The van der Waals surface area contributed by atoms with Gasteiger partial charge in [-0.1, -0.05) is 22.6 Å². The van der Waals surface area contributed by atoms with Crippen molar-refractivity contribution < 1.29 is 14.6 Å². The van der Waals surface area contributed by atoms with Crippen LogP contribution in [0.2, 0.25) is 0 Å². The number of hydrogen-bond donors (Lipinski definition) is 1. The van der Waals surface area contributed by atoms with Gasteiger partial charge >= 0.3 is 0 Å². The number of rotatable bonds is 4.